The third kappa shape index (κ3) is 4.36. The fourth-order valence-electron chi connectivity index (χ4n) is 3.73. The molecule has 1 N–H and O–H groups in total. The first kappa shape index (κ1) is 20.5. The van der Waals surface area contributed by atoms with Gasteiger partial charge in [-0.1, -0.05) is 19.1 Å². The summed E-state index contributed by atoms with van der Waals surface area (Å²) in [6, 6.07) is 9.31. The van der Waals surface area contributed by atoms with Crippen molar-refractivity contribution >= 4 is 27.4 Å². The third-order valence-electron chi connectivity index (χ3n) is 5.29. The summed E-state index contributed by atoms with van der Waals surface area (Å²) < 4.78 is 28.0. The number of hydrogen-bond acceptors (Lipinski definition) is 5. The molecular weight excluding hydrogens is 402 g/mol. The van der Waals surface area contributed by atoms with Crippen molar-refractivity contribution in [3.8, 4) is 11.3 Å². The molecule has 0 spiro atoms. The Balaban J connectivity index is 1.42. The molecule has 3 aromatic rings. The first-order valence-corrected chi connectivity index (χ1v) is 11.8. The largest absolute Gasteiger partial charge is 0.326 e. The number of anilines is 1. The molecule has 1 fully saturated rings. The first-order valence-electron chi connectivity index (χ1n) is 10.1. The van der Waals surface area contributed by atoms with Crippen molar-refractivity contribution in [2.75, 3.05) is 24.2 Å². The van der Waals surface area contributed by atoms with Gasteiger partial charge in [-0.05, 0) is 37.5 Å². The maximum Gasteiger partial charge on any atom is 0.234 e. The Hall–Kier alpha value is -2.78. The average Bonchev–Trinajstić information content (AvgIpc) is 3.18. The van der Waals surface area contributed by atoms with E-state index in [0.29, 0.717) is 37.3 Å². The monoisotopic (exact) mass is 427 g/mol. The van der Waals surface area contributed by atoms with Gasteiger partial charge in [0.25, 0.3) is 0 Å². The quantitative estimate of drug-likeness (QED) is 0.652. The fraction of sp³-hybridized carbons (Fsp3) is 0.381. The predicted octanol–water partition coefficient (Wildman–Crippen LogP) is 2.79. The number of amides is 1. The summed E-state index contributed by atoms with van der Waals surface area (Å²) in [4.78, 5) is 21.4. The first-order chi connectivity index (χ1) is 14.5. The van der Waals surface area contributed by atoms with E-state index in [9.17, 15) is 13.2 Å². The lowest BCUT2D eigenvalue weighted by Crippen LogP contribution is -2.44. The van der Waals surface area contributed by atoms with Gasteiger partial charge in [0, 0.05) is 42.9 Å². The van der Waals surface area contributed by atoms with Crippen LogP contribution in [0.4, 0.5) is 5.69 Å². The number of imidazole rings is 1. The van der Waals surface area contributed by atoms with E-state index < -0.39 is 10.0 Å². The zero-order chi connectivity index (χ0) is 21.1. The van der Waals surface area contributed by atoms with Crippen molar-refractivity contribution in [1.82, 2.24) is 18.7 Å². The van der Waals surface area contributed by atoms with Crippen LogP contribution in [0.3, 0.4) is 0 Å². The molecule has 8 nitrogen and oxygen atoms in total. The Morgan fingerprint density at radius 1 is 1.27 bits per heavy atom. The number of fused-ring (bicyclic) bond motifs is 1. The van der Waals surface area contributed by atoms with Gasteiger partial charge < -0.3 is 5.32 Å². The minimum absolute atomic E-state index is 0.126. The van der Waals surface area contributed by atoms with Crippen molar-refractivity contribution in [3.63, 3.8) is 0 Å². The van der Waals surface area contributed by atoms with E-state index in [4.69, 9.17) is 0 Å². The number of rotatable bonds is 6. The van der Waals surface area contributed by atoms with Crippen LogP contribution in [0, 0.1) is 5.92 Å². The zero-order valence-corrected chi connectivity index (χ0v) is 17.7. The highest BCUT2D eigenvalue weighted by molar-refractivity contribution is 7.89. The van der Waals surface area contributed by atoms with Gasteiger partial charge in [0.1, 0.15) is 0 Å². The molecule has 1 unspecified atom stereocenters. The second kappa shape index (κ2) is 8.53. The predicted molar refractivity (Wildman–Crippen MR) is 115 cm³/mol. The number of benzene rings is 1. The zero-order valence-electron chi connectivity index (χ0n) is 16.9. The van der Waals surface area contributed by atoms with Gasteiger partial charge in [-0.25, -0.2) is 22.7 Å². The minimum Gasteiger partial charge on any atom is -0.326 e. The van der Waals surface area contributed by atoms with Crippen LogP contribution >= 0.6 is 0 Å². The number of piperidine rings is 1. The van der Waals surface area contributed by atoms with E-state index >= 15 is 0 Å². The fourth-order valence-corrected chi connectivity index (χ4v) is 5.32. The molecule has 30 heavy (non-hydrogen) atoms. The second-order valence-electron chi connectivity index (χ2n) is 7.53. The number of carbonyl (C=O) groups excluding carboxylic acids is 1. The van der Waals surface area contributed by atoms with Crippen LogP contribution in [0.2, 0.25) is 0 Å². The minimum atomic E-state index is -3.28. The normalized spacial score (nSPS) is 17.8. The van der Waals surface area contributed by atoms with Crippen LogP contribution in [0.5, 0.6) is 0 Å². The summed E-state index contributed by atoms with van der Waals surface area (Å²) in [5.41, 5.74) is 2.41. The maximum absolute atomic E-state index is 12.7. The SMILES string of the molecule is CCCS(=O)(=O)N1CCCC(C(=O)Nc2ccc(-c3cn4cccnc4n3)cc2)C1. The molecule has 158 valence electrons. The highest BCUT2D eigenvalue weighted by Crippen LogP contribution is 2.24. The molecule has 4 rings (SSSR count). The summed E-state index contributed by atoms with van der Waals surface area (Å²) in [5.74, 6) is 0.275. The molecule has 0 radical (unpaired) electrons. The van der Waals surface area contributed by atoms with Crippen LogP contribution in [0.1, 0.15) is 26.2 Å². The van der Waals surface area contributed by atoms with Crippen LogP contribution in [-0.4, -0.2) is 51.8 Å². The van der Waals surface area contributed by atoms with Crippen molar-refractivity contribution in [2.45, 2.75) is 26.2 Å². The van der Waals surface area contributed by atoms with E-state index in [1.807, 2.05) is 54.0 Å². The van der Waals surface area contributed by atoms with E-state index in [1.165, 1.54) is 4.31 Å². The number of nitrogens with zero attached hydrogens (tertiary/aromatic N) is 4. The molecule has 1 atom stereocenters. The molecule has 0 aliphatic carbocycles. The topological polar surface area (TPSA) is 96.7 Å². The van der Waals surface area contributed by atoms with Crippen LogP contribution in [-0.2, 0) is 14.8 Å². The number of aromatic nitrogens is 3. The molecule has 2 aromatic heterocycles. The lowest BCUT2D eigenvalue weighted by molar-refractivity contribution is -0.120. The molecule has 1 aromatic carbocycles. The summed E-state index contributed by atoms with van der Waals surface area (Å²) in [5, 5.41) is 2.92. The van der Waals surface area contributed by atoms with Gasteiger partial charge in [0.15, 0.2) is 0 Å². The molecule has 1 aliphatic heterocycles. The highest BCUT2D eigenvalue weighted by atomic mass is 32.2. The van der Waals surface area contributed by atoms with Gasteiger partial charge in [-0.3, -0.25) is 9.20 Å². The standard InChI is InChI=1S/C21H25N5O3S/c1-2-13-30(28,29)26-12-3-5-17(14-26)20(27)23-18-8-6-16(7-9-18)19-15-25-11-4-10-22-21(25)24-19/h4,6-11,15,17H,2-3,5,12-14H2,1H3,(H,23,27). The molecular formula is C21H25N5O3S. The van der Waals surface area contributed by atoms with Gasteiger partial charge in [0.2, 0.25) is 21.7 Å². The van der Waals surface area contributed by atoms with Gasteiger partial charge in [-0.2, -0.15) is 0 Å². The van der Waals surface area contributed by atoms with E-state index in [2.05, 4.69) is 15.3 Å². The smallest absolute Gasteiger partial charge is 0.234 e. The summed E-state index contributed by atoms with van der Waals surface area (Å²) >= 11 is 0. The van der Waals surface area contributed by atoms with Crippen LogP contribution in [0.25, 0.3) is 17.0 Å². The van der Waals surface area contributed by atoms with E-state index in [-0.39, 0.29) is 24.1 Å². The van der Waals surface area contributed by atoms with Crippen molar-refractivity contribution in [2.24, 2.45) is 5.92 Å². The lowest BCUT2D eigenvalue weighted by atomic mass is 9.98. The Bertz CT molecular complexity index is 1110. The van der Waals surface area contributed by atoms with Crippen molar-refractivity contribution in [3.05, 3.63) is 48.9 Å². The third-order valence-corrected chi connectivity index (χ3v) is 7.34. The molecule has 9 heteroatoms. The summed E-state index contributed by atoms with van der Waals surface area (Å²) in [7, 11) is -3.28. The van der Waals surface area contributed by atoms with Crippen molar-refractivity contribution < 1.29 is 13.2 Å². The van der Waals surface area contributed by atoms with Gasteiger partial charge in [0.05, 0.1) is 17.4 Å². The van der Waals surface area contributed by atoms with E-state index in [1.54, 1.807) is 6.20 Å². The molecule has 0 saturated carbocycles. The maximum atomic E-state index is 12.7. The lowest BCUT2D eigenvalue weighted by Gasteiger charge is -2.31. The Labute approximate surface area is 176 Å². The highest BCUT2D eigenvalue weighted by Gasteiger charge is 2.31. The Morgan fingerprint density at radius 2 is 2.07 bits per heavy atom. The molecule has 3 heterocycles. The molecule has 0 bridgehead atoms. The van der Waals surface area contributed by atoms with Gasteiger partial charge in [-0.15, -0.1) is 0 Å². The number of carbonyl (C=O) groups is 1. The summed E-state index contributed by atoms with van der Waals surface area (Å²) in [6.45, 7) is 2.59. The van der Waals surface area contributed by atoms with Crippen molar-refractivity contribution in [1.29, 1.82) is 0 Å². The molecule has 1 saturated heterocycles. The number of hydrogen-bond donors (Lipinski definition) is 1. The summed E-state index contributed by atoms with van der Waals surface area (Å²) in [6.07, 6.45) is 7.46. The Morgan fingerprint density at radius 3 is 2.80 bits per heavy atom. The van der Waals surface area contributed by atoms with Crippen LogP contribution in [0.15, 0.2) is 48.9 Å². The van der Waals surface area contributed by atoms with Gasteiger partial charge >= 0.3 is 0 Å². The van der Waals surface area contributed by atoms with Crippen LogP contribution < -0.4 is 5.32 Å². The average molecular weight is 428 g/mol. The van der Waals surface area contributed by atoms with E-state index in [0.717, 1.165) is 11.3 Å². The number of sulfonamides is 1. The Kier molecular flexibility index (Phi) is 5.83. The number of nitrogens with one attached hydrogen (secondary N) is 1. The molecule has 1 aliphatic rings. The molecule has 1 amide bonds. The second-order valence-corrected chi connectivity index (χ2v) is 9.62.